The third kappa shape index (κ3) is 15.0. The molecular formula is C42H61ClN4O2. The van der Waals surface area contributed by atoms with Crippen LogP contribution in [0.15, 0.2) is 42.6 Å². The first-order chi connectivity index (χ1) is 24.0. The second kappa shape index (κ2) is 24.0. The number of nitrogens with zero attached hydrogens (tertiary/aromatic N) is 3. The highest BCUT2D eigenvalue weighted by Gasteiger charge is 2.14. The highest BCUT2D eigenvalue weighted by atomic mass is 35.5. The van der Waals surface area contributed by atoms with E-state index < -0.39 is 0 Å². The largest absolute Gasteiger partial charge is 0.495 e. The molecule has 0 radical (unpaired) electrons. The maximum Gasteiger partial charge on any atom is 0.222 e. The Hall–Kier alpha value is -3.30. The lowest BCUT2D eigenvalue weighted by Crippen LogP contribution is -2.28. The topological polar surface area (TPSA) is 58.8 Å². The van der Waals surface area contributed by atoms with Crippen LogP contribution in [0.2, 0.25) is 5.02 Å². The maximum absolute atomic E-state index is 13.1. The first kappa shape index (κ1) is 40.1. The number of anilines is 1. The highest BCUT2D eigenvalue weighted by molar-refractivity contribution is 6.32. The molecule has 1 amide bonds. The number of fused-ring (bicyclic) bond motifs is 1. The van der Waals surface area contributed by atoms with Gasteiger partial charge in [0.25, 0.3) is 0 Å². The van der Waals surface area contributed by atoms with E-state index in [1.807, 2.05) is 48.5 Å². The van der Waals surface area contributed by atoms with Gasteiger partial charge >= 0.3 is 0 Å². The lowest BCUT2D eigenvalue weighted by molar-refractivity contribution is -0.129. The fourth-order valence-electron chi connectivity index (χ4n) is 6.51. The molecule has 0 unspecified atom stereocenters. The number of amides is 1. The Morgan fingerprint density at radius 3 is 2.00 bits per heavy atom. The number of nitrogens with one attached hydrogen (secondary N) is 1. The van der Waals surface area contributed by atoms with E-state index in [9.17, 15) is 4.79 Å². The smallest absolute Gasteiger partial charge is 0.222 e. The van der Waals surface area contributed by atoms with Gasteiger partial charge in [-0.25, -0.2) is 4.85 Å². The van der Waals surface area contributed by atoms with Gasteiger partial charge in [-0.15, -0.1) is 0 Å². The van der Waals surface area contributed by atoms with Gasteiger partial charge in [0, 0.05) is 43.8 Å². The Bertz CT molecular complexity index is 1440. The van der Waals surface area contributed by atoms with Crippen LogP contribution in [0.25, 0.3) is 15.7 Å². The Labute approximate surface area is 302 Å². The van der Waals surface area contributed by atoms with E-state index in [-0.39, 0.29) is 5.91 Å². The minimum Gasteiger partial charge on any atom is -0.495 e. The molecule has 0 bridgehead atoms. The van der Waals surface area contributed by atoms with Crippen LogP contribution in [-0.2, 0) is 17.8 Å². The fourth-order valence-corrected chi connectivity index (χ4v) is 6.79. The van der Waals surface area contributed by atoms with Crippen molar-refractivity contribution >= 4 is 39.8 Å². The molecule has 0 spiro atoms. The SMILES string of the molecule is [C-]#[N+]c1ccc2ncc(CCC(=O)N(C)CCCCCCCCCCCCCCCCCCCC)c(NCc3ccc(OC)c(Cl)c3)c2c1. The molecule has 2 aromatic carbocycles. The lowest BCUT2D eigenvalue weighted by Gasteiger charge is -2.19. The van der Waals surface area contributed by atoms with Gasteiger partial charge in [-0.3, -0.25) is 9.78 Å². The Kier molecular flexibility index (Phi) is 19.6. The standard InChI is InChI=1S/C42H61ClN4O2/c1-5-6-7-8-9-10-11-12-13-14-15-16-17-18-19-20-21-22-29-47(3)41(48)28-24-35-33-45-39-26-25-36(44-2)31-37(39)42(35)46-32-34-23-27-40(49-4)38(43)30-34/h23,25-27,30-31,33H,5-22,24,28-29,32H2,1,3-4H3,(H,45,46). The van der Waals surface area contributed by atoms with Crippen LogP contribution >= 0.6 is 11.6 Å². The number of aromatic nitrogens is 1. The molecule has 0 saturated heterocycles. The van der Waals surface area contributed by atoms with E-state index in [0.717, 1.165) is 40.7 Å². The summed E-state index contributed by atoms with van der Waals surface area (Å²) in [7, 11) is 3.52. The van der Waals surface area contributed by atoms with E-state index in [1.165, 1.54) is 109 Å². The van der Waals surface area contributed by atoms with Gasteiger partial charge in [0.2, 0.25) is 5.91 Å². The summed E-state index contributed by atoms with van der Waals surface area (Å²) in [5, 5.41) is 5.00. The minimum atomic E-state index is 0.148. The predicted octanol–water partition coefficient (Wildman–Crippen LogP) is 12.5. The fraction of sp³-hybridized carbons (Fsp3) is 0.595. The number of hydrogen-bond acceptors (Lipinski definition) is 4. The summed E-state index contributed by atoms with van der Waals surface area (Å²) in [5.41, 5.74) is 4.24. The van der Waals surface area contributed by atoms with Crippen LogP contribution < -0.4 is 10.1 Å². The molecule has 3 aromatic rings. The second-order valence-corrected chi connectivity index (χ2v) is 14.0. The molecule has 0 atom stereocenters. The predicted molar refractivity (Wildman–Crippen MR) is 208 cm³/mol. The Balaban J connectivity index is 1.33. The van der Waals surface area contributed by atoms with Crippen LogP contribution in [0.3, 0.4) is 0 Å². The zero-order chi connectivity index (χ0) is 35.1. The molecular weight excluding hydrogens is 628 g/mol. The van der Waals surface area contributed by atoms with Gasteiger partial charge in [-0.1, -0.05) is 140 Å². The van der Waals surface area contributed by atoms with E-state index in [1.54, 1.807) is 13.2 Å². The lowest BCUT2D eigenvalue weighted by atomic mass is 10.0. The summed E-state index contributed by atoms with van der Waals surface area (Å²) in [6.07, 6.45) is 27.3. The van der Waals surface area contributed by atoms with Crippen molar-refractivity contribution in [1.29, 1.82) is 0 Å². The highest BCUT2D eigenvalue weighted by Crippen LogP contribution is 2.32. The number of pyridine rings is 1. The average Bonchev–Trinajstić information content (AvgIpc) is 3.12. The summed E-state index contributed by atoms with van der Waals surface area (Å²) in [6, 6.07) is 11.3. The van der Waals surface area contributed by atoms with Gasteiger partial charge in [0.1, 0.15) is 5.75 Å². The third-order valence-electron chi connectivity index (χ3n) is 9.63. The van der Waals surface area contributed by atoms with Crippen LogP contribution in [-0.4, -0.2) is 36.5 Å². The van der Waals surface area contributed by atoms with Crippen LogP contribution in [0.1, 0.15) is 140 Å². The van der Waals surface area contributed by atoms with Crippen molar-refractivity contribution in [2.24, 2.45) is 0 Å². The molecule has 0 aliphatic heterocycles. The molecule has 6 nitrogen and oxygen atoms in total. The summed E-state index contributed by atoms with van der Waals surface area (Å²) >= 11 is 6.37. The quantitative estimate of drug-likeness (QED) is 0.0673. The first-order valence-corrected chi connectivity index (χ1v) is 19.4. The normalized spacial score (nSPS) is 11.1. The maximum atomic E-state index is 13.1. The molecule has 0 aliphatic carbocycles. The van der Waals surface area contributed by atoms with Crippen molar-refractivity contribution in [3.63, 3.8) is 0 Å². The van der Waals surface area contributed by atoms with Crippen molar-refractivity contribution in [3.05, 3.63) is 70.2 Å². The monoisotopic (exact) mass is 688 g/mol. The summed E-state index contributed by atoms with van der Waals surface area (Å²) < 4.78 is 5.29. The molecule has 1 heterocycles. The number of rotatable bonds is 26. The van der Waals surface area contributed by atoms with Gasteiger partial charge in [0.05, 0.1) is 24.2 Å². The number of ether oxygens (including phenoxy) is 1. The number of carbonyl (C=O) groups is 1. The van der Waals surface area contributed by atoms with Crippen LogP contribution in [0.5, 0.6) is 5.75 Å². The third-order valence-corrected chi connectivity index (χ3v) is 9.92. The number of methoxy groups -OCH3 is 1. The molecule has 268 valence electrons. The van der Waals surface area contributed by atoms with E-state index in [0.29, 0.717) is 35.8 Å². The van der Waals surface area contributed by atoms with E-state index in [4.69, 9.17) is 22.9 Å². The molecule has 3 rings (SSSR count). The summed E-state index contributed by atoms with van der Waals surface area (Å²) in [5.74, 6) is 0.782. The molecule has 7 heteroatoms. The van der Waals surface area contributed by atoms with Crippen LogP contribution in [0, 0.1) is 6.57 Å². The molecule has 0 fully saturated rings. The average molecular weight is 689 g/mol. The summed E-state index contributed by atoms with van der Waals surface area (Å²) in [6.45, 7) is 11.1. The van der Waals surface area contributed by atoms with Gasteiger partial charge < -0.3 is 15.0 Å². The number of unbranched alkanes of at least 4 members (excludes halogenated alkanes) is 17. The second-order valence-electron chi connectivity index (χ2n) is 13.6. The van der Waals surface area contributed by atoms with Crippen molar-refractivity contribution in [3.8, 4) is 5.75 Å². The van der Waals surface area contributed by atoms with Gasteiger partial charge in [0.15, 0.2) is 5.69 Å². The van der Waals surface area contributed by atoms with Crippen molar-refractivity contribution in [1.82, 2.24) is 9.88 Å². The molecule has 49 heavy (non-hydrogen) atoms. The van der Waals surface area contributed by atoms with Crippen molar-refractivity contribution in [2.75, 3.05) is 26.0 Å². The summed E-state index contributed by atoms with van der Waals surface area (Å²) in [4.78, 5) is 23.3. The van der Waals surface area contributed by atoms with Gasteiger partial charge in [-0.05, 0) is 48.2 Å². The minimum absolute atomic E-state index is 0.148. The molecule has 0 aliphatic rings. The van der Waals surface area contributed by atoms with E-state index in [2.05, 4.69) is 22.1 Å². The van der Waals surface area contributed by atoms with Gasteiger partial charge in [-0.2, -0.15) is 0 Å². The van der Waals surface area contributed by atoms with Crippen molar-refractivity contribution < 1.29 is 9.53 Å². The number of hydrogen-bond donors (Lipinski definition) is 1. The molecule has 0 saturated carbocycles. The Morgan fingerprint density at radius 1 is 0.857 bits per heavy atom. The molecule has 1 aromatic heterocycles. The number of aryl methyl sites for hydroxylation is 1. The zero-order valence-corrected chi connectivity index (χ0v) is 31.4. The molecule has 1 N–H and O–H groups in total. The van der Waals surface area contributed by atoms with Crippen LogP contribution in [0.4, 0.5) is 11.4 Å². The Morgan fingerprint density at radius 2 is 1.45 bits per heavy atom. The van der Waals surface area contributed by atoms with Crippen molar-refractivity contribution in [2.45, 2.75) is 142 Å². The van der Waals surface area contributed by atoms with E-state index >= 15 is 0 Å². The zero-order valence-electron chi connectivity index (χ0n) is 30.6. The number of halogens is 1. The first-order valence-electron chi connectivity index (χ1n) is 19.1. The number of benzene rings is 2. The number of carbonyl (C=O) groups excluding carboxylic acids is 1.